The van der Waals surface area contributed by atoms with E-state index < -0.39 is 0 Å². The van der Waals surface area contributed by atoms with Gasteiger partial charge in [-0.05, 0) is 25.5 Å². The fourth-order valence-electron chi connectivity index (χ4n) is 2.26. The maximum atomic E-state index is 5.34. The molecule has 1 fully saturated rings. The summed E-state index contributed by atoms with van der Waals surface area (Å²) >= 11 is 0. The number of rotatable bonds is 2. The summed E-state index contributed by atoms with van der Waals surface area (Å²) in [7, 11) is 1.75. The number of aryl methyl sites for hydroxylation is 1. The van der Waals surface area contributed by atoms with Crippen LogP contribution in [0.25, 0.3) is 11.2 Å². The van der Waals surface area contributed by atoms with E-state index in [1.807, 2.05) is 19.1 Å². The quantitative estimate of drug-likeness (QED) is 0.819. The van der Waals surface area contributed by atoms with E-state index >= 15 is 0 Å². The number of imidazole rings is 1. The minimum atomic E-state index is 0.245. The molecule has 2 atom stereocenters. The third-order valence-corrected chi connectivity index (χ3v) is 3.26. The first-order valence-electron chi connectivity index (χ1n) is 5.85. The molecule has 0 saturated carbocycles. The average molecular weight is 232 g/mol. The van der Waals surface area contributed by atoms with E-state index in [0.717, 1.165) is 35.6 Å². The molecule has 90 valence electrons. The molecule has 17 heavy (non-hydrogen) atoms. The molecule has 2 unspecified atom stereocenters. The van der Waals surface area contributed by atoms with Crippen LogP contribution in [0.1, 0.15) is 24.0 Å². The van der Waals surface area contributed by atoms with Gasteiger partial charge in [-0.1, -0.05) is 0 Å². The Kier molecular flexibility index (Phi) is 2.57. The standard InChI is InChI=1S/C12H16N4O/c1-7-3-4-9-11(14-7)16-12(15-9)10-5-8(17-2)6-13-10/h3-4,8,10,13H,5-6H2,1-2H3,(H,14,15,16). The van der Waals surface area contributed by atoms with Crippen LogP contribution in [0.4, 0.5) is 0 Å². The van der Waals surface area contributed by atoms with Crippen molar-refractivity contribution in [3.8, 4) is 0 Å². The summed E-state index contributed by atoms with van der Waals surface area (Å²) in [5.41, 5.74) is 2.78. The van der Waals surface area contributed by atoms with Crippen molar-refractivity contribution in [1.82, 2.24) is 20.3 Å². The Bertz CT molecular complexity index is 536. The van der Waals surface area contributed by atoms with Gasteiger partial charge in [-0.25, -0.2) is 9.97 Å². The summed E-state index contributed by atoms with van der Waals surface area (Å²) in [5, 5.41) is 3.40. The third kappa shape index (κ3) is 1.92. The molecule has 0 aromatic carbocycles. The molecule has 3 heterocycles. The number of H-pyrrole nitrogens is 1. The molecule has 0 amide bonds. The number of ether oxygens (including phenoxy) is 1. The molecule has 2 aromatic rings. The van der Waals surface area contributed by atoms with Gasteiger partial charge in [0.2, 0.25) is 0 Å². The lowest BCUT2D eigenvalue weighted by Gasteiger charge is -2.05. The molecule has 3 rings (SSSR count). The van der Waals surface area contributed by atoms with Crippen molar-refractivity contribution in [2.75, 3.05) is 13.7 Å². The fourth-order valence-corrected chi connectivity index (χ4v) is 2.26. The lowest BCUT2D eigenvalue weighted by molar-refractivity contribution is 0.117. The summed E-state index contributed by atoms with van der Waals surface area (Å²) < 4.78 is 5.34. The first-order valence-corrected chi connectivity index (χ1v) is 5.85. The maximum Gasteiger partial charge on any atom is 0.177 e. The zero-order valence-electron chi connectivity index (χ0n) is 10.0. The number of methoxy groups -OCH3 is 1. The summed E-state index contributed by atoms with van der Waals surface area (Å²) in [6.07, 6.45) is 1.23. The van der Waals surface area contributed by atoms with Crippen molar-refractivity contribution in [2.24, 2.45) is 0 Å². The second-order valence-corrected chi connectivity index (χ2v) is 4.50. The topological polar surface area (TPSA) is 62.8 Å². The van der Waals surface area contributed by atoms with Crippen LogP contribution in [0.3, 0.4) is 0 Å². The molecule has 5 nitrogen and oxygen atoms in total. The largest absolute Gasteiger partial charge is 0.380 e. The number of nitrogens with one attached hydrogen (secondary N) is 2. The Morgan fingerprint density at radius 1 is 1.35 bits per heavy atom. The zero-order chi connectivity index (χ0) is 11.8. The van der Waals surface area contributed by atoms with E-state index in [2.05, 4.69) is 20.3 Å². The molecule has 2 N–H and O–H groups in total. The van der Waals surface area contributed by atoms with Crippen LogP contribution in [0.15, 0.2) is 12.1 Å². The van der Waals surface area contributed by atoms with Crippen molar-refractivity contribution in [2.45, 2.75) is 25.5 Å². The Balaban J connectivity index is 1.91. The molecule has 0 bridgehead atoms. The van der Waals surface area contributed by atoms with E-state index in [0.29, 0.717) is 0 Å². The zero-order valence-corrected chi connectivity index (χ0v) is 10.0. The second kappa shape index (κ2) is 4.09. The van der Waals surface area contributed by atoms with Crippen LogP contribution in [-0.2, 0) is 4.74 Å². The Morgan fingerprint density at radius 3 is 3.00 bits per heavy atom. The van der Waals surface area contributed by atoms with Gasteiger partial charge in [0.05, 0.1) is 17.7 Å². The molecular formula is C12H16N4O. The minimum absolute atomic E-state index is 0.245. The van der Waals surface area contributed by atoms with Crippen LogP contribution in [0.5, 0.6) is 0 Å². The van der Waals surface area contributed by atoms with E-state index in [-0.39, 0.29) is 12.1 Å². The van der Waals surface area contributed by atoms with Gasteiger partial charge in [-0.2, -0.15) is 0 Å². The van der Waals surface area contributed by atoms with Crippen molar-refractivity contribution < 1.29 is 4.74 Å². The molecule has 1 aliphatic heterocycles. The van der Waals surface area contributed by atoms with E-state index in [1.165, 1.54) is 0 Å². The molecule has 5 heteroatoms. The smallest absolute Gasteiger partial charge is 0.177 e. The van der Waals surface area contributed by atoms with E-state index in [4.69, 9.17) is 4.74 Å². The molecule has 0 aliphatic carbocycles. The highest BCUT2D eigenvalue weighted by Gasteiger charge is 2.27. The van der Waals surface area contributed by atoms with Gasteiger partial charge in [0.15, 0.2) is 5.65 Å². The van der Waals surface area contributed by atoms with Crippen molar-refractivity contribution >= 4 is 11.2 Å². The van der Waals surface area contributed by atoms with Crippen LogP contribution in [0, 0.1) is 6.92 Å². The maximum absolute atomic E-state index is 5.34. The first-order chi connectivity index (χ1) is 8.26. The van der Waals surface area contributed by atoms with Crippen molar-refractivity contribution in [3.05, 3.63) is 23.7 Å². The van der Waals surface area contributed by atoms with Gasteiger partial charge < -0.3 is 15.0 Å². The van der Waals surface area contributed by atoms with Crippen LogP contribution < -0.4 is 5.32 Å². The molecule has 0 spiro atoms. The predicted molar refractivity (Wildman–Crippen MR) is 64.8 cm³/mol. The number of hydrogen-bond donors (Lipinski definition) is 2. The summed E-state index contributed by atoms with van der Waals surface area (Å²) in [6, 6.07) is 4.26. The lowest BCUT2D eigenvalue weighted by atomic mass is 10.2. The van der Waals surface area contributed by atoms with Crippen LogP contribution in [-0.4, -0.2) is 34.7 Å². The lowest BCUT2D eigenvalue weighted by Crippen LogP contribution is -2.16. The molecule has 2 aromatic heterocycles. The number of aromatic amines is 1. The van der Waals surface area contributed by atoms with Gasteiger partial charge in [-0.15, -0.1) is 0 Å². The Labute approximate surface area is 99.6 Å². The highest BCUT2D eigenvalue weighted by Crippen LogP contribution is 2.24. The van der Waals surface area contributed by atoms with Crippen LogP contribution >= 0.6 is 0 Å². The molecule has 0 radical (unpaired) electrons. The number of fused-ring (bicyclic) bond motifs is 1. The van der Waals surface area contributed by atoms with Crippen LogP contribution in [0.2, 0.25) is 0 Å². The van der Waals surface area contributed by atoms with Crippen molar-refractivity contribution in [3.63, 3.8) is 0 Å². The fraction of sp³-hybridized carbons (Fsp3) is 0.500. The molecular weight excluding hydrogens is 216 g/mol. The van der Waals surface area contributed by atoms with Gasteiger partial charge in [0, 0.05) is 19.3 Å². The van der Waals surface area contributed by atoms with Gasteiger partial charge in [-0.3, -0.25) is 0 Å². The normalized spacial score (nSPS) is 24.6. The number of pyridine rings is 1. The number of nitrogens with zero attached hydrogens (tertiary/aromatic N) is 2. The van der Waals surface area contributed by atoms with Gasteiger partial charge >= 0.3 is 0 Å². The summed E-state index contributed by atoms with van der Waals surface area (Å²) in [6.45, 7) is 2.85. The third-order valence-electron chi connectivity index (χ3n) is 3.26. The summed E-state index contributed by atoms with van der Waals surface area (Å²) in [4.78, 5) is 12.3. The SMILES string of the molecule is COC1CNC(c2nc3nc(C)ccc3[nH]2)C1. The molecule has 1 saturated heterocycles. The van der Waals surface area contributed by atoms with Gasteiger partial charge in [0.25, 0.3) is 0 Å². The van der Waals surface area contributed by atoms with Gasteiger partial charge in [0.1, 0.15) is 5.82 Å². The highest BCUT2D eigenvalue weighted by molar-refractivity contribution is 5.70. The first kappa shape index (κ1) is 10.7. The summed E-state index contributed by atoms with van der Waals surface area (Å²) in [5.74, 6) is 0.956. The van der Waals surface area contributed by atoms with E-state index in [9.17, 15) is 0 Å². The second-order valence-electron chi connectivity index (χ2n) is 4.50. The van der Waals surface area contributed by atoms with E-state index in [1.54, 1.807) is 7.11 Å². The minimum Gasteiger partial charge on any atom is -0.380 e. The average Bonchev–Trinajstić information content (AvgIpc) is 2.93. The molecule has 1 aliphatic rings. The number of hydrogen-bond acceptors (Lipinski definition) is 4. The Morgan fingerprint density at radius 2 is 2.24 bits per heavy atom. The predicted octanol–water partition coefficient (Wildman–Crippen LogP) is 1.32. The Hall–Kier alpha value is -1.46. The van der Waals surface area contributed by atoms with Crippen molar-refractivity contribution in [1.29, 1.82) is 0 Å². The number of aromatic nitrogens is 3. The highest BCUT2D eigenvalue weighted by atomic mass is 16.5. The monoisotopic (exact) mass is 232 g/mol.